The number of hydrogen-bond donors (Lipinski definition) is 2. The Morgan fingerprint density at radius 3 is 2.48 bits per heavy atom. The van der Waals surface area contributed by atoms with E-state index in [1.165, 1.54) is 6.26 Å². The number of aromatic carboxylic acids is 1. The summed E-state index contributed by atoms with van der Waals surface area (Å²) in [7, 11) is -3.28. The van der Waals surface area contributed by atoms with Crippen molar-refractivity contribution in [2.45, 2.75) is 17.7 Å². The van der Waals surface area contributed by atoms with E-state index in [9.17, 15) is 23.1 Å². The SMILES string of the molecule is CS(=O)(=O)c1ccc2c(c1)CCN(C(=O)c1ccc3[nH]nc(C(=O)O)c3c1)CC2. The molecule has 9 heteroatoms. The molecule has 2 heterocycles. The van der Waals surface area contributed by atoms with Gasteiger partial charge in [-0.15, -0.1) is 0 Å². The molecule has 1 aliphatic heterocycles. The van der Waals surface area contributed by atoms with Crippen molar-refractivity contribution in [3.05, 3.63) is 58.8 Å². The minimum Gasteiger partial charge on any atom is -0.476 e. The number of carboxylic acid groups (broad SMARTS) is 1. The smallest absolute Gasteiger partial charge is 0.357 e. The topological polar surface area (TPSA) is 120 Å². The van der Waals surface area contributed by atoms with Crippen LogP contribution in [0.2, 0.25) is 0 Å². The Balaban J connectivity index is 1.59. The van der Waals surface area contributed by atoms with Crippen molar-refractivity contribution in [2.24, 2.45) is 0 Å². The van der Waals surface area contributed by atoms with E-state index in [2.05, 4.69) is 10.2 Å². The van der Waals surface area contributed by atoms with Gasteiger partial charge in [-0.25, -0.2) is 13.2 Å². The Hall–Kier alpha value is -3.20. The van der Waals surface area contributed by atoms with Gasteiger partial charge in [0.2, 0.25) is 0 Å². The summed E-state index contributed by atoms with van der Waals surface area (Å²) < 4.78 is 23.6. The van der Waals surface area contributed by atoms with Gasteiger partial charge in [0, 0.05) is 30.3 Å². The van der Waals surface area contributed by atoms with Crippen LogP contribution >= 0.6 is 0 Å². The van der Waals surface area contributed by atoms with Crippen LogP contribution in [0.3, 0.4) is 0 Å². The number of carbonyl (C=O) groups excluding carboxylic acids is 1. The molecule has 0 saturated carbocycles. The first kappa shape index (κ1) is 19.1. The number of aromatic amines is 1. The van der Waals surface area contributed by atoms with E-state index in [1.54, 1.807) is 35.2 Å². The molecule has 1 aromatic heterocycles. The maximum atomic E-state index is 13.0. The van der Waals surface area contributed by atoms with Gasteiger partial charge >= 0.3 is 5.97 Å². The van der Waals surface area contributed by atoms with Crippen molar-refractivity contribution in [3.63, 3.8) is 0 Å². The van der Waals surface area contributed by atoms with Gasteiger partial charge in [0.25, 0.3) is 5.91 Å². The molecule has 1 aliphatic rings. The molecule has 2 N–H and O–H groups in total. The quantitative estimate of drug-likeness (QED) is 0.677. The lowest BCUT2D eigenvalue weighted by atomic mass is 10.0. The summed E-state index contributed by atoms with van der Waals surface area (Å²) in [5.41, 5.74) is 2.79. The Bertz CT molecular complexity index is 1250. The molecule has 8 nitrogen and oxygen atoms in total. The van der Waals surface area contributed by atoms with Crippen molar-refractivity contribution >= 4 is 32.6 Å². The van der Waals surface area contributed by atoms with Crippen molar-refractivity contribution < 1.29 is 23.1 Å². The summed E-state index contributed by atoms with van der Waals surface area (Å²) in [6.45, 7) is 0.952. The first-order chi connectivity index (χ1) is 13.7. The van der Waals surface area contributed by atoms with Crippen LogP contribution in [-0.2, 0) is 22.7 Å². The number of nitrogens with zero attached hydrogens (tertiary/aromatic N) is 2. The highest BCUT2D eigenvalue weighted by molar-refractivity contribution is 7.90. The van der Waals surface area contributed by atoms with Gasteiger partial charge in [-0.2, -0.15) is 5.10 Å². The molecule has 29 heavy (non-hydrogen) atoms. The summed E-state index contributed by atoms with van der Waals surface area (Å²) >= 11 is 0. The molecule has 0 radical (unpaired) electrons. The van der Waals surface area contributed by atoms with Gasteiger partial charge in [0.05, 0.1) is 10.4 Å². The van der Waals surface area contributed by atoms with Crippen molar-refractivity contribution in [2.75, 3.05) is 19.3 Å². The molecule has 0 fully saturated rings. The molecule has 0 bridgehead atoms. The molecule has 0 saturated heterocycles. The standard InChI is InChI=1S/C20H19N3O5S/c1-29(27,28)15-4-2-12-6-8-23(9-7-13(12)10-15)19(24)14-3-5-17-16(11-14)18(20(25)26)22-21-17/h2-5,10-11H,6-9H2,1H3,(H,21,22)(H,25,26). The molecular formula is C20H19N3O5S. The molecule has 150 valence electrons. The van der Waals surface area contributed by atoms with Crippen LogP contribution in [0.25, 0.3) is 10.9 Å². The number of aromatic nitrogens is 2. The third-order valence-corrected chi connectivity index (χ3v) is 6.32. The number of H-pyrrole nitrogens is 1. The van der Waals surface area contributed by atoms with E-state index in [4.69, 9.17) is 0 Å². The molecule has 1 amide bonds. The average Bonchev–Trinajstić information content (AvgIpc) is 2.99. The predicted octanol–water partition coefficient (Wildman–Crippen LogP) is 1.91. The number of rotatable bonds is 3. The van der Waals surface area contributed by atoms with Crippen molar-refractivity contribution in [1.82, 2.24) is 15.1 Å². The van der Waals surface area contributed by atoms with E-state index in [-0.39, 0.29) is 16.5 Å². The maximum Gasteiger partial charge on any atom is 0.357 e. The second-order valence-corrected chi connectivity index (χ2v) is 9.15. The van der Waals surface area contributed by atoms with Gasteiger partial charge in [-0.1, -0.05) is 6.07 Å². The third-order valence-electron chi connectivity index (χ3n) is 5.21. The van der Waals surface area contributed by atoms with E-state index in [1.807, 2.05) is 6.07 Å². The van der Waals surface area contributed by atoms with Gasteiger partial charge in [0.15, 0.2) is 15.5 Å². The van der Waals surface area contributed by atoms with E-state index in [0.717, 1.165) is 11.1 Å². The Labute approximate surface area is 167 Å². The summed E-state index contributed by atoms with van der Waals surface area (Å²) in [5, 5.41) is 16.1. The largest absolute Gasteiger partial charge is 0.476 e. The third kappa shape index (κ3) is 3.61. The zero-order valence-electron chi connectivity index (χ0n) is 15.7. The first-order valence-electron chi connectivity index (χ1n) is 9.06. The highest BCUT2D eigenvalue weighted by atomic mass is 32.2. The molecule has 0 spiro atoms. The number of fused-ring (bicyclic) bond motifs is 2. The maximum absolute atomic E-state index is 13.0. The molecule has 0 aliphatic carbocycles. The van der Waals surface area contributed by atoms with Gasteiger partial charge in [-0.05, 0) is 54.3 Å². The van der Waals surface area contributed by atoms with E-state index < -0.39 is 15.8 Å². The lowest BCUT2D eigenvalue weighted by Gasteiger charge is -2.20. The van der Waals surface area contributed by atoms with Crippen LogP contribution in [-0.4, -0.2) is 59.8 Å². The van der Waals surface area contributed by atoms with Gasteiger partial charge < -0.3 is 10.0 Å². The highest BCUT2D eigenvalue weighted by Crippen LogP contribution is 2.23. The number of carboxylic acids is 1. The number of hydrogen-bond acceptors (Lipinski definition) is 5. The average molecular weight is 413 g/mol. The van der Waals surface area contributed by atoms with Crippen LogP contribution in [0.1, 0.15) is 32.0 Å². The zero-order chi connectivity index (χ0) is 20.8. The molecule has 0 atom stereocenters. The lowest BCUT2D eigenvalue weighted by Crippen LogP contribution is -2.33. The number of sulfone groups is 1. The number of amides is 1. The second-order valence-electron chi connectivity index (χ2n) is 7.13. The summed E-state index contributed by atoms with van der Waals surface area (Å²) in [6, 6.07) is 9.95. The van der Waals surface area contributed by atoms with Crippen LogP contribution in [0, 0.1) is 0 Å². The monoisotopic (exact) mass is 413 g/mol. The second kappa shape index (κ2) is 7.00. The molecule has 3 aromatic rings. The zero-order valence-corrected chi connectivity index (χ0v) is 16.5. The summed E-state index contributed by atoms with van der Waals surface area (Å²) in [4.78, 5) is 26.3. The predicted molar refractivity (Wildman–Crippen MR) is 106 cm³/mol. The first-order valence-corrected chi connectivity index (χ1v) is 11.0. The normalized spacial score (nSPS) is 14.4. The van der Waals surface area contributed by atoms with Crippen LogP contribution in [0.15, 0.2) is 41.3 Å². The van der Waals surface area contributed by atoms with Crippen molar-refractivity contribution in [3.8, 4) is 0 Å². The minimum atomic E-state index is -3.28. The summed E-state index contributed by atoms with van der Waals surface area (Å²) in [5.74, 6) is -1.35. The van der Waals surface area contributed by atoms with Crippen LogP contribution in [0.4, 0.5) is 0 Å². The molecule has 2 aromatic carbocycles. The fraction of sp³-hybridized carbons (Fsp3) is 0.250. The Kier molecular flexibility index (Phi) is 4.62. The van der Waals surface area contributed by atoms with E-state index in [0.29, 0.717) is 42.4 Å². The van der Waals surface area contributed by atoms with Gasteiger partial charge in [0.1, 0.15) is 0 Å². The number of nitrogens with one attached hydrogen (secondary N) is 1. The highest BCUT2D eigenvalue weighted by Gasteiger charge is 2.22. The fourth-order valence-corrected chi connectivity index (χ4v) is 4.30. The van der Waals surface area contributed by atoms with Gasteiger partial charge in [-0.3, -0.25) is 9.89 Å². The summed E-state index contributed by atoms with van der Waals surface area (Å²) in [6.07, 6.45) is 2.36. The van der Waals surface area contributed by atoms with Crippen LogP contribution < -0.4 is 0 Å². The molecular weight excluding hydrogens is 394 g/mol. The van der Waals surface area contributed by atoms with E-state index >= 15 is 0 Å². The van der Waals surface area contributed by atoms with Crippen LogP contribution in [0.5, 0.6) is 0 Å². The number of benzene rings is 2. The fourth-order valence-electron chi connectivity index (χ4n) is 3.63. The minimum absolute atomic E-state index is 0.119. The molecule has 4 rings (SSSR count). The Morgan fingerprint density at radius 1 is 1.07 bits per heavy atom. The molecule has 0 unspecified atom stereocenters. The lowest BCUT2D eigenvalue weighted by molar-refractivity contribution is 0.0691. The Morgan fingerprint density at radius 2 is 1.79 bits per heavy atom. The number of carbonyl (C=O) groups is 2. The van der Waals surface area contributed by atoms with Crippen molar-refractivity contribution in [1.29, 1.82) is 0 Å².